The highest BCUT2D eigenvalue weighted by molar-refractivity contribution is 7.88. The van der Waals surface area contributed by atoms with Gasteiger partial charge in [0.15, 0.2) is 0 Å². The van der Waals surface area contributed by atoms with Gasteiger partial charge in [0.1, 0.15) is 0 Å². The molecule has 0 fully saturated rings. The molecular weight excluding hydrogens is 308 g/mol. The van der Waals surface area contributed by atoms with E-state index < -0.39 is 16.9 Å². The zero-order valence-electron chi connectivity index (χ0n) is 13.2. The fraction of sp³-hybridized carbons (Fsp3) is 0.263. The lowest BCUT2D eigenvalue weighted by atomic mass is 10.1. The summed E-state index contributed by atoms with van der Waals surface area (Å²) in [6.45, 7) is 2.61. The lowest BCUT2D eigenvalue weighted by Crippen LogP contribution is -2.22. The van der Waals surface area contributed by atoms with Crippen LogP contribution in [0.3, 0.4) is 0 Å². The van der Waals surface area contributed by atoms with E-state index in [4.69, 9.17) is 4.74 Å². The molecule has 1 N–H and O–H groups in total. The Hall–Kier alpha value is -1.75. The van der Waals surface area contributed by atoms with Crippen molar-refractivity contribution < 1.29 is 14.1 Å². The quantitative estimate of drug-likeness (QED) is 0.805. The van der Waals surface area contributed by atoms with Crippen molar-refractivity contribution in [1.82, 2.24) is 0 Å². The Bertz CT molecular complexity index is 626. The van der Waals surface area contributed by atoms with E-state index in [2.05, 4.69) is 0 Å². The third-order valence-electron chi connectivity index (χ3n) is 3.49. The molecule has 0 radical (unpaired) electrons. The average Bonchev–Trinajstić information content (AvgIpc) is 2.61. The standard InChI is InChI=1S/C19H22O3S/c1-16(12-13-23(21)18-10-6-3-7-11-18)19(20)15-22-14-17-8-4-2-5-9-17/h2-13,16,19-20H,14-15H2,1H3/b13-12+/t16-,19+,23?/m0/s1. The number of aliphatic hydroxyl groups is 1. The molecule has 0 amide bonds. The van der Waals surface area contributed by atoms with E-state index in [9.17, 15) is 9.32 Å². The van der Waals surface area contributed by atoms with Gasteiger partial charge < -0.3 is 9.84 Å². The summed E-state index contributed by atoms with van der Waals surface area (Å²) < 4.78 is 17.6. The molecule has 0 aliphatic rings. The molecule has 0 aliphatic carbocycles. The van der Waals surface area contributed by atoms with E-state index in [1.165, 1.54) is 0 Å². The molecule has 3 atom stereocenters. The van der Waals surface area contributed by atoms with Crippen LogP contribution in [0.4, 0.5) is 0 Å². The summed E-state index contributed by atoms with van der Waals surface area (Å²) in [5.74, 6) is -0.126. The van der Waals surface area contributed by atoms with Gasteiger partial charge in [0, 0.05) is 16.2 Å². The maximum Gasteiger partial charge on any atom is 0.0833 e. The Balaban J connectivity index is 1.77. The molecule has 122 valence electrons. The molecule has 0 heterocycles. The molecule has 2 rings (SSSR count). The Morgan fingerprint density at radius 2 is 1.70 bits per heavy atom. The lowest BCUT2D eigenvalue weighted by Gasteiger charge is -2.15. The van der Waals surface area contributed by atoms with Gasteiger partial charge in [0.05, 0.1) is 30.1 Å². The highest BCUT2D eigenvalue weighted by Gasteiger charge is 2.12. The van der Waals surface area contributed by atoms with Crippen LogP contribution in [-0.4, -0.2) is 22.0 Å². The van der Waals surface area contributed by atoms with E-state index in [1.54, 1.807) is 11.5 Å². The first-order valence-corrected chi connectivity index (χ1v) is 8.82. The van der Waals surface area contributed by atoms with Crippen LogP contribution < -0.4 is 0 Å². The second-order valence-electron chi connectivity index (χ2n) is 5.37. The average molecular weight is 330 g/mol. The van der Waals surface area contributed by atoms with Crippen molar-refractivity contribution in [2.75, 3.05) is 6.61 Å². The number of rotatable bonds is 8. The maximum atomic E-state index is 12.1. The second-order valence-corrected chi connectivity index (χ2v) is 6.70. The first kappa shape index (κ1) is 17.6. The lowest BCUT2D eigenvalue weighted by molar-refractivity contribution is 0.0118. The molecule has 23 heavy (non-hydrogen) atoms. The minimum absolute atomic E-state index is 0.126. The molecule has 4 heteroatoms. The van der Waals surface area contributed by atoms with Crippen LogP contribution in [0.5, 0.6) is 0 Å². The minimum Gasteiger partial charge on any atom is -0.390 e. The zero-order valence-corrected chi connectivity index (χ0v) is 14.0. The van der Waals surface area contributed by atoms with Gasteiger partial charge in [0.2, 0.25) is 0 Å². The summed E-state index contributed by atoms with van der Waals surface area (Å²) in [6, 6.07) is 19.1. The molecule has 0 saturated heterocycles. The summed E-state index contributed by atoms with van der Waals surface area (Å²) in [4.78, 5) is 0.755. The highest BCUT2D eigenvalue weighted by atomic mass is 32.2. The van der Waals surface area contributed by atoms with E-state index in [0.717, 1.165) is 10.5 Å². The predicted octanol–water partition coefficient (Wildman–Crippen LogP) is 3.52. The number of hydrogen-bond donors (Lipinski definition) is 1. The summed E-state index contributed by atoms with van der Waals surface area (Å²) in [6.07, 6.45) is 1.15. The van der Waals surface area contributed by atoms with Crippen LogP contribution in [0.1, 0.15) is 12.5 Å². The topological polar surface area (TPSA) is 46.5 Å². The fourth-order valence-electron chi connectivity index (χ4n) is 1.98. The van der Waals surface area contributed by atoms with Gasteiger partial charge in [-0.1, -0.05) is 61.5 Å². The van der Waals surface area contributed by atoms with Crippen LogP contribution in [-0.2, 0) is 22.1 Å². The van der Waals surface area contributed by atoms with Crippen molar-refractivity contribution in [2.45, 2.75) is 24.5 Å². The second kappa shape index (κ2) is 9.40. The third kappa shape index (κ3) is 6.10. The van der Waals surface area contributed by atoms with Gasteiger partial charge in [-0.2, -0.15) is 0 Å². The molecule has 0 aromatic heterocycles. The molecule has 0 spiro atoms. The number of hydrogen-bond acceptors (Lipinski definition) is 3. The Morgan fingerprint density at radius 3 is 2.35 bits per heavy atom. The van der Waals surface area contributed by atoms with Crippen molar-refractivity contribution in [3.05, 3.63) is 77.7 Å². The monoisotopic (exact) mass is 330 g/mol. The number of benzene rings is 2. The van der Waals surface area contributed by atoms with Gasteiger partial charge in [-0.15, -0.1) is 0 Å². The van der Waals surface area contributed by atoms with Gasteiger partial charge in [-0.25, -0.2) is 4.21 Å². The van der Waals surface area contributed by atoms with Gasteiger partial charge in [-0.05, 0) is 17.7 Å². The van der Waals surface area contributed by atoms with Crippen LogP contribution >= 0.6 is 0 Å². The summed E-state index contributed by atoms with van der Waals surface area (Å²) in [5, 5.41) is 11.7. The van der Waals surface area contributed by atoms with Crippen molar-refractivity contribution in [2.24, 2.45) is 5.92 Å². The van der Waals surface area contributed by atoms with Gasteiger partial charge in [0.25, 0.3) is 0 Å². The first-order chi connectivity index (χ1) is 11.2. The van der Waals surface area contributed by atoms with Crippen molar-refractivity contribution in [3.8, 4) is 0 Å². The van der Waals surface area contributed by atoms with E-state index in [1.807, 2.05) is 67.6 Å². The van der Waals surface area contributed by atoms with Gasteiger partial charge in [-0.3, -0.25) is 0 Å². The molecule has 3 nitrogen and oxygen atoms in total. The Kier molecular flexibility index (Phi) is 7.20. The summed E-state index contributed by atoms with van der Waals surface area (Å²) in [7, 11) is -1.19. The summed E-state index contributed by atoms with van der Waals surface area (Å²) >= 11 is 0. The largest absolute Gasteiger partial charge is 0.390 e. The van der Waals surface area contributed by atoms with Crippen molar-refractivity contribution >= 4 is 10.8 Å². The Labute approximate surface area is 140 Å². The SMILES string of the molecule is C[C@@H](/C=C/S(=O)c1ccccc1)[C@H](O)COCc1ccccc1. The molecule has 2 aromatic rings. The van der Waals surface area contributed by atoms with E-state index >= 15 is 0 Å². The van der Waals surface area contributed by atoms with Crippen LogP contribution in [0.25, 0.3) is 0 Å². The molecular formula is C19H22O3S. The molecule has 0 bridgehead atoms. The maximum absolute atomic E-state index is 12.1. The van der Waals surface area contributed by atoms with Crippen molar-refractivity contribution in [3.63, 3.8) is 0 Å². The minimum atomic E-state index is -1.19. The van der Waals surface area contributed by atoms with E-state index in [-0.39, 0.29) is 12.5 Å². The fourth-order valence-corrected chi connectivity index (χ4v) is 2.95. The highest BCUT2D eigenvalue weighted by Crippen LogP contribution is 2.11. The molecule has 2 aromatic carbocycles. The van der Waals surface area contributed by atoms with Crippen molar-refractivity contribution in [1.29, 1.82) is 0 Å². The smallest absolute Gasteiger partial charge is 0.0833 e. The number of aliphatic hydroxyl groups excluding tert-OH is 1. The van der Waals surface area contributed by atoms with Crippen LogP contribution in [0, 0.1) is 5.92 Å². The molecule has 1 unspecified atom stereocenters. The van der Waals surface area contributed by atoms with Crippen LogP contribution in [0.15, 0.2) is 77.0 Å². The molecule has 0 aliphatic heterocycles. The first-order valence-electron chi connectivity index (χ1n) is 7.60. The van der Waals surface area contributed by atoms with Crippen LogP contribution in [0.2, 0.25) is 0 Å². The third-order valence-corrected chi connectivity index (χ3v) is 4.63. The molecule has 0 saturated carbocycles. The number of ether oxygens (including phenoxy) is 1. The predicted molar refractivity (Wildman–Crippen MR) is 93.3 cm³/mol. The van der Waals surface area contributed by atoms with Gasteiger partial charge >= 0.3 is 0 Å². The zero-order chi connectivity index (χ0) is 16.5. The summed E-state index contributed by atoms with van der Waals surface area (Å²) in [5.41, 5.74) is 1.08. The van der Waals surface area contributed by atoms with E-state index in [0.29, 0.717) is 6.61 Å². The normalized spacial score (nSPS) is 15.4. The Morgan fingerprint density at radius 1 is 1.09 bits per heavy atom.